The van der Waals surface area contributed by atoms with Gasteiger partial charge in [-0.05, 0) is 24.3 Å². The Labute approximate surface area is 146 Å². The number of hydrogen-bond acceptors (Lipinski definition) is 3. The highest BCUT2D eigenvalue weighted by Gasteiger charge is 2.16. The maximum absolute atomic E-state index is 14.1. The summed E-state index contributed by atoms with van der Waals surface area (Å²) in [6.07, 6.45) is 1.04. The Morgan fingerprint density at radius 3 is 2.68 bits per heavy atom. The lowest BCUT2D eigenvalue weighted by Gasteiger charge is -2.10. The number of carbonyl (C=O) groups excluding carboxylic acids is 1. The van der Waals surface area contributed by atoms with Crippen LogP contribution in [0, 0.1) is 5.82 Å². The van der Waals surface area contributed by atoms with Gasteiger partial charge in [-0.25, -0.2) is 4.39 Å². The van der Waals surface area contributed by atoms with Crippen LogP contribution in [0.4, 0.5) is 4.39 Å². The summed E-state index contributed by atoms with van der Waals surface area (Å²) in [4.78, 5) is 19.5. The van der Waals surface area contributed by atoms with Crippen LogP contribution in [0.2, 0.25) is 5.02 Å². The summed E-state index contributed by atoms with van der Waals surface area (Å²) < 4.78 is 14.1. The average molecular weight is 359 g/mol. The highest BCUT2D eigenvalue weighted by Crippen LogP contribution is 2.37. The van der Waals surface area contributed by atoms with E-state index in [9.17, 15) is 14.3 Å². The molecule has 1 heterocycles. The molecule has 3 rings (SSSR count). The molecule has 1 aromatic heterocycles. The summed E-state index contributed by atoms with van der Waals surface area (Å²) in [6.45, 7) is 0. The lowest BCUT2D eigenvalue weighted by atomic mass is 10.0. The molecule has 2 aromatic carbocycles. The molecule has 1 amide bonds. The first-order valence-corrected chi connectivity index (χ1v) is 7.46. The van der Waals surface area contributed by atoms with Crippen LogP contribution in [-0.2, 0) is 0 Å². The number of guanidine groups is 1. The number of amides is 1. The Bertz CT molecular complexity index is 1030. The maximum atomic E-state index is 14.1. The monoisotopic (exact) mass is 358 g/mol. The number of benzene rings is 2. The van der Waals surface area contributed by atoms with Crippen molar-refractivity contribution in [2.45, 2.75) is 0 Å². The van der Waals surface area contributed by atoms with Gasteiger partial charge in [-0.3, -0.25) is 9.78 Å². The molecule has 0 spiro atoms. The van der Waals surface area contributed by atoms with Crippen molar-refractivity contribution in [1.82, 2.24) is 4.98 Å². The fourth-order valence-electron chi connectivity index (χ4n) is 2.44. The second-order valence-corrected chi connectivity index (χ2v) is 5.60. The number of phenols is 1. The van der Waals surface area contributed by atoms with Crippen LogP contribution in [0.25, 0.3) is 22.0 Å². The SMILES string of the molecule is NC(N)=NC(=O)c1ccc2c(F)cnc(-c3cccc(Cl)c3O)c2c1. The van der Waals surface area contributed by atoms with Gasteiger partial charge >= 0.3 is 0 Å². The number of pyridine rings is 1. The van der Waals surface area contributed by atoms with Gasteiger partial charge in [0.25, 0.3) is 5.91 Å². The molecular weight excluding hydrogens is 347 g/mol. The lowest BCUT2D eigenvalue weighted by molar-refractivity contribution is 0.100. The normalized spacial score (nSPS) is 10.6. The van der Waals surface area contributed by atoms with E-state index in [2.05, 4.69) is 9.98 Å². The molecule has 0 aliphatic carbocycles. The molecule has 0 aliphatic rings. The van der Waals surface area contributed by atoms with Crippen LogP contribution in [-0.4, -0.2) is 22.0 Å². The highest BCUT2D eigenvalue weighted by molar-refractivity contribution is 6.32. The number of aliphatic imine (C=N–C) groups is 1. The molecule has 0 unspecified atom stereocenters. The van der Waals surface area contributed by atoms with E-state index in [1.165, 1.54) is 24.3 Å². The number of carbonyl (C=O) groups is 1. The summed E-state index contributed by atoms with van der Waals surface area (Å²) in [5, 5.41) is 10.9. The molecule has 6 nitrogen and oxygen atoms in total. The van der Waals surface area contributed by atoms with Gasteiger partial charge in [0.2, 0.25) is 0 Å². The minimum absolute atomic E-state index is 0.129. The smallest absolute Gasteiger partial charge is 0.280 e. The molecule has 0 saturated carbocycles. The molecule has 0 aliphatic heterocycles. The molecule has 0 radical (unpaired) electrons. The largest absolute Gasteiger partial charge is 0.506 e. The fourth-order valence-corrected chi connectivity index (χ4v) is 2.62. The number of para-hydroxylation sites is 1. The number of hydrogen-bond donors (Lipinski definition) is 3. The van der Waals surface area contributed by atoms with Gasteiger partial charge in [0.1, 0.15) is 11.6 Å². The molecule has 0 bridgehead atoms. The molecule has 3 aromatic rings. The van der Waals surface area contributed by atoms with Crippen LogP contribution < -0.4 is 11.5 Å². The summed E-state index contributed by atoms with van der Waals surface area (Å²) >= 11 is 5.93. The standard InChI is InChI=1S/C17H12ClFN4O2/c18-12-3-1-2-10(15(12)24)14-11-6-8(16(25)23-17(20)21)4-5-9(11)13(19)7-22-14/h1-7,24H,(H4,20,21,23,25). The third-order valence-corrected chi connectivity index (χ3v) is 3.86. The van der Waals surface area contributed by atoms with E-state index < -0.39 is 11.7 Å². The third-order valence-electron chi connectivity index (χ3n) is 3.56. The van der Waals surface area contributed by atoms with E-state index in [1.54, 1.807) is 12.1 Å². The molecule has 0 saturated heterocycles. The van der Waals surface area contributed by atoms with Gasteiger partial charge in [0.15, 0.2) is 5.96 Å². The maximum Gasteiger partial charge on any atom is 0.280 e. The summed E-state index contributed by atoms with van der Waals surface area (Å²) in [5.74, 6) is -1.81. The Kier molecular flexibility index (Phi) is 4.24. The van der Waals surface area contributed by atoms with Crippen molar-refractivity contribution in [3.8, 4) is 17.0 Å². The third kappa shape index (κ3) is 3.09. The first kappa shape index (κ1) is 16.7. The number of nitrogens with zero attached hydrogens (tertiary/aromatic N) is 2. The van der Waals surface area contributed by atoms with E-state index >= 15 is 0 Å². The van der Waals surface area contributed by atoms with Crippen molar-refractivity contribution in [1.29, 1.82) is 0 Å². The van der Waals surface area contributed by atoms with E-state index in [0.717, 1.165) is 6.20 Å². The zero-order valence-corrected chi connectivity index (χ0v) is 13.5. The van der Waals surface area contributed by atoms with Gasteiger partial charge in [0.05, 0.1) is 16.9 Å². The predicted molar refractivity (Wildman–Crippen MR) is 94.0 cm³/mol. The van der Waals surface area contributed by atoms with Crippen LogP contribution >= 0.6 is 11.6 Å². The predicted octanol–water partition coefficient (Wildman–Crippen LogP) is 2.81. The van der Waals surface area contributed by atoms with Crippen LogP contribution in [0.3, 0.4) is 0 Å². The van der Waals surface area contributed by atoms with Crippen molar-refractivity contribution < 1.29 is 14.3 Å². The van der Waals surface area contributed by atoms with E-state index in [-0.39, 0.29) is 33.4 Å². The Balaban J connectivity index is 2.29. The molecule has 0 fully saturated rings. The van der Waals surface area contributed by atoms with Crippen molar-refractivity contribution >= 4 is 34.2 Å². The van der Waals surface area contributed by atoms with Gasteiger partial charge in [-0.15, -0.1) is 0 Å². The summed E-state index contributed by atoms with van der Waals surface area (Å²) in [6, 6.07) is 8.97. The lowest BCUT2D eigenvalue weighted by Crippen LogP contribution is -2.24. The highest BCUT2D eigenvalue weighted by atomic mass is 35.5. The van der Waals surface area contributed by atoms with Crippen molar-refractivity contribution in [2.24, 2.45) is 16.5 Å². The fraction of sp³-hybridized carbons (Fsp3) is 0. The number of phenolic OH excluding ortho intramolecular Hbond substituents is 1. The number of fused-ring (bicyclic) bond motifs is 1. The van der Waals surface area contributed by atoms with Gasteiger partial charge in [-0.1, -0.05) is 23.7 Å². The van der Waals surface area contributed by atoms with Crippen LogP contribution in [0.5, 0.6) is 5.75 Å². The molecular formula is C17H12ClFN4O2. The number of aromatic hydroxyl groups is 1. The first-order valence-electron chi connectivity index (χ1n) is 7.08. The van der Waals surface area contributed by atoms with Crippen molar-refractivity contribution in [3.63, 3.8) is 0 Å². The molecule has 0 atom stereocenters. The van der Waals surface area contributed by atoms with E-state index in [0.29, 0.717) is 10.9 Å². The quantitative estimate of drug-likeness (QED) is 0.481. The molecule has 126 valence electrons. The second kappa shape index (κ2) is 6.37. The Morgan fingerprint density at radius 1 is 1.20 bits per heavy atom. The average Bonchev–Trinajstić information content (AvgIpc) is 2.57. The summed E-state index contributed by atoms with van der Waals surface area (Å²) in [5.41, 5.74) is 11.2. The number of rotatable bonds is 2. The van der Waals surface area contributed by atoms with Gasteiger partial charge < -0.3 is 16.6 Å². The number of halogens is 2. The Morgan fingerprint density at radius 2 is 1.96 bits per heavy atom. The topological polar surface area (TPSA) is 115 Å². The number of aromatic nitrogens is 1. The second-order valence-electron chi connectivity index (χ2n) is 5.19. The minimum Gasteiger partial charge on any atom is -0.506 e. The zero-order chi connectivity index (χ0) is 18.1. The summed E-state index contributed by atoms with van der Waals surface area (Å²) in [7, 11) is 0. The Hall–Kier alpha value is -3.19. The molecule has 25 heavy (non-hydrogen) atoms. The van der Waals surface area contributed by atoms with Crippen molar-refractivity contribution in [2.75, 3.05) is 0 Å². The van der Waals surface area contributed by atoms with Gasteiger partial charge in [-0.2, -0.15) is 4.99 Å². The van der Waals surface area contributed by atoms with E-state index in [4.69, 9.17) is 23.1 Å². The molecule has 5 N–H and O–H groups in total. The van der Waals surface area contributed by atoms with Crippen LogP contribution in [0.1, 0.15) is 10.4 Å². The minimum atomic E-state index is -0.674. The first-order chi connectivity index (χ1) is 11.9. The van der Waals surface area contributed by atoms with Crippen molar-refractivity contribution in [3.05, 3.63) is 59.0 Å². The molecule has 8 heteroatoms. The van der Waals surface area contributed by atoms with E-state index in [1.807, 2.05) is 0 Å². The zero-order valence-electron chi connectivity index (χ0n) is 12.7. The van der Waals surface area contributed by atoms with Crippen LogP contribution in [0.15, 0.2) is 47.6 Å². The van der Waals surface area contributed by atoms with Gasteiger partial charge in [0, 0.05) is 21.9 Å². The number of nitrogens with two attached hydrogens (primary N) is 2.